The average Bonchev–Trinajstić information content (AvgIpc) is 2.50. The molecule has 2 aliphatic heterocycles. The van der Waals surface area contributed by atoms with Crippen LogP contribution >= 0.6 is 0 Å². The lowest BCUT2D eigenvalue weighted by atomic mass is 9.87. The van der Waals surface area contributed by atoms with E-state index in [1.165, 1.54) is 12.8 Å². The lowest BCUT2D eigenvalue weighted by molar-refractivity contribution is -0.0401. The fourth-order valence-electron chi connectivity index (χ4n) is 3.19. The molecule has 2 heterocycles. The summed E-state index contributed by atoms with van der Waals surface area (Å²) in [5.74, 6) is 0.451. The minimum Gasteiger partial charge on any atom is -0.390 e. The quantitative estimate of drug-likeness (QED) is 0.792. The van der Waals surface area contributed by atoms with Crippen LogP contribution in [0, 0.1) is 5.92 Å². The predicted molar refractivity (Wildman–Crippen MR) is 64.4 cm³/mol. The van der Waals surface area contributed by atoms with Gasteiger partial charge in [0.05, 0.1) is 18.8 Å². The first-order chi connectivity index (χ1) is 7.58. The molecule has 3 heteroatoms. The molecule has 0 spiro atoms. The minimum atomic E-state index is -0.265. The molecule has 0 amide bonds. The van der Waals surface area contributed by atoms with Gasteiger partial charge in [0.1, 0.15) is 0 Å². The maximum atomic E-state index is 10.1. The van der Waals surface area contributed by atoms with Gasteiger partial charge >= 0.3 is 0 Å². The second-order valence-corrected chi connectivity index (χ2v) is 5.73. The molecule has 0 aromatic rings. The van der Waals surface area contributed by atoms with Crippen LogP contribution in [0.5, 0.6) is 0 Å². The summed E-state index contributed by atoms with van der Waals surface area (Å²) in [7, 11) is 2.23. The molecule has 0 saturated carbocycles. The topological polar surface area (TPSA) is 32.7 Å². The van der Waals surface area contributed by atoms with E-state index in [0.717, 1.165) is 12.8 Å². The van der Waals surface area contributed by atoms with E-state index < -0.39 is 0 Å². The lowest BCUT2D eigenvalue weighted by Crippen LogP contribution is -2.44. The van der Waals surface area contributed by atoms with E-state index in [9.17, 15) is 5.11 Å². The third-order valence-corrected chi connectivity index (χ3v) is 4.28. The van der Waals surface area contributed by atoms with E-state index in [0.29, 0.717) is 24.6 Å². The van der Waals surface area contributed by atoms with E-state index in [2.05, 4.69) is 11.9 Å². The largest absolute Gasteiger partial charge is 0.390 e. The number of hydrogen-bond donors (Lipinski definition) is 1. The van der Waals surface area contributed by atoms with Crippen LogP contribution in [-0.4, -0.2) is 48.0 Å². The van der Waals surface area contributed by atoms with Crippen LogP contribution in [0.3, 0.4) is 0 Å². The summed E-state index contributed by atoms with van der Waals surface area (Å²) in [4.78, 5) is 2.51. The van der Waals surface area contributed by atoms with Crippen LogP contribution in [0.25, 0.3) is 0 Å². The molecule has 2 aliphatic rings. The Kier molecular flexibility index (Phi) is 3.88. The highest BCUT2D eigenvalue weighted by Crippen LogP contribution is 2.38. The van der Waals surface area contributed by atoms with Crippen LogP contribution in [0.15, 0.2) is 0 Å². The molecular weight excluding hydrogens is 202 g/mol. The molecule has 3 nitrogen and oxygen atoms in total. The molecular formula is C13H25NO2. The van der Waals surface area contributed by atoms with Gasteiger partial charge in [-0.3, -0.25) is 0 Å². The Morgan fingerprint density at radius 2 is 1.81 bits per heavy atom. The van der Waals surface area contributed by atoms with Crippen molar-refractivity contribution in [1.82, 2.24) is 4.90 Å². The van der Waals surface area contributed by atoms with E-state index in [-0.39, 0.29) is 12.2 Å². The van der Waals surface area contributed by atoms with Gasteiger partial charge in [-0.05, 0) is 52.5 Å². The number of fused-ring (bicyclic) bond motifs is 2. The first-order valence-corrected chi connectivity index (χ1v) is 6.59. The molecule has 0 radical (unpaired) electrons. The van der Waals surface area contributed by atoms with Gasteiger partial charge in [0, 0.05) is 12.1 Å². The second-order valence-electron chi connectivity index (χ2n) is 5.73. The van der Waals surface area contributed by atoms with Gasteiger partial charge in [0.15, 0.2) is 0 Å². The van der Waals surface area contributed by atoms with Crippen molar-refractivity contribution in [2.24, 2.45) is 5.92 Å². The Morgan fingerprint density at radius 3 is 2.31 bits per heavy atom. The maximum absolute atomic E-state index is 10.1. The Morgan fingerprint density at radius 1 is 1.25 bits per heavy atom. The Balaban J connectivity index is 1.83. The first-order valence-electron chi connectivity index (χ1n) is 6.59. The predicted octanol–water partition coefficient (Wildman–Crippen LogP) is 1.65. The summed E-state index contributed by atoms with van der Waals surface area (Å²) in [6.07, 6.45) is 4.88. The van der Waals surface area contributed by atoms with Crippen molar-refractivity contribution < 1.29 is 9.84 Å². The minimum absolute atomic E-state index is 0.220. The van der Waals surface area contributed by atoms with Gasteiger partial charge in [0.25, 0.3) is 0 Å². The number of ether oxygens (including phenoxy) is 1. The Hall–Kier alpha value is -0.120. The van der Waals surface area contributed by atoms with E-state index in [4.69, 9.17) is 4.74 Å². The summed E-state index contributed by atoms with van der Waals surface area (Å²) in [5.41, 5.74) is 0. The molecule has 2 rings (SSSR count). The first kappa shape index (κ1) is 12.3. The van der Waals surface area contributed by atoms with Gasteiger partial charge in [0.2, 0.25) is 0 Å². The van der Waals surface area contributed by atoms with Gasteiger partial charge in [-0.2, -0.15) is 0 Å². The summed E-state index contributed by atoms with van der Waals surface area (Å²) >= 11 is 0. The molecule has 0 aliphatic carbocycles. The van der Waals surface area contributed by atoms with E-state index in [1.807, 2.05) is 13.8 Å². The summed E-state index contributed by atoms with van der Waals surface area (Å²) < 4.78 is 5.51. The highest BCUT2D eigenvalue weighted by molar-refractivity contribution is 4.95. The lowest BCUT2D eigenvalue weighted by Gasteiger charge is -2.38. The van der Waals surface area contributed by atoms with Crippen molar-refractivity contribution >= 4 is 0 Å². The number of rotatable bonds is 4. The smallest absolute Gasteiger partial charge is 0.0803 e. The zero-order valence-corrected chi connectivity index (χ0v) is 10.7. The molecule has 2 bridgehead atoms. The van der Waals surface area contributed by atoms with Crippen molar-refractivity contribution in [3.05, 3.63) is 0 Å². The van der Waals surface area contributed by atoms with Crippen molar-refractivity contribution in [3.8, 4) is 0 Å². The van der Waals surface area contributed by atoms with Gasteiger partial charge in [-0.25, -0.2) is 0 Å². The molecule has 16 heavy (non-hydrogen) atoms. The monoisotopic (exact) mass is 227 g/mol. The molecule has 3 atom stereocenters. The Bertz CT molecular complexity index is 218. The number of aliphatic hydroxyl groups excluding tert-OH is 1. The standard InChI is InChI=1S/C13H25NO2/c1-9(2)16-8-13(15)10-6-11-4-5-12(7-10)14(11)3/h9-13,15H,4-8H2,1-3H3. The van der Waals surface area contributed by atoms with Crippen LogP contribution in [0.4, 0.5) is 0 Å². The van der Waals surface area contributed by atoms with Crippen LogP contribution in [0.1, 0.15) is 39.5 Å². The molecule has 1 N–H and O–H groups in total. The zero-order chi connectivity index (χ0) is 11.7. The fourth-order valence-corrected chi connectivity index (χ4v) is 3.19. The molecule has 0 aromatic heterocycles. The molecule has 2 fully saturated rings. The van der Waals surface area contributed by atoms with Crippen molar-refractivity contribution in [3.63, 3.8) is 0 Å². The van der Waals surface area contributed by atoms with Crippen molar-refractivity contribution in [1.29, 1.82) is 0 Å². The fraction of sp³-hybridized carbons (Fsp3) is 1.00. The molecule has 2 saturated heterocycles. The second kappa shape index (κ2) is 5.03. The van der Waals surface area contributed by atoms with Crippen molar-refractivity contribution in [2.45, 2.75) is 63.8 Å². The van der Waals surface area contributed by atoms with Gasteiger partial charge < -0.3 is 14.7 Å². The van der Waals surface area contributed by atoms with E-state index in [1.54, 1.807) is 0 Å². The highest BCUT2D eigenvalue weighted by Gasteiger charge is 2.40. The van der Waals surface area contributed by atoms with Crippen LogP contribution < -0.4 is 0 Å². The van der Waals surface area contributed by atoms with Crippen molar-refractivity contribution in [2.75, 3.05) is 13.7 Å². The number of aliphatic hydroxyl groups is 1. The number of piperidine rings is 1. The molecule has 94 valence electrons. The number of hydrogen-bond acceptors (Lipinski definition) is 3. The van der Waals surface area contributed by atoms with Gasteiger partial charge in [-0.1, -0.05) is 0 Å². The van der Waals surface area contributed by atoms with Crippen LogP contribution in [-0.2, 0) is 4.74 Å². The third-order valence-electron chi connectivity index (χ3n) is 4.28. The highest BCUT2D eigenvalue weighted by atomic mass is 16.5. The summed E-state index contributed by atoms with van der Waals surface area (Å²) in [6.45, 7) is 4.54. The SMILES string of the molecule is CC(C)OCC(O)C1CC2CCC(C1)N2C. The van der Waals surface area contributed by atoms with Crippen LogP contribution in [0.2, 0.25) is 0 Å². The number of nitrogens with zero attached hydrogens (tertiary/aromatic N) is 1. The normalized spacial score (nSPS) is 36.9. The summed E-state index contributed by atoms with van der Waals surface area (Å²) in [5, 5.41) is 10.1. The summed E-state index contributed by atoms with van der Waals surface area (Å²) in [6, 6.07) is 1.41. The van der Waals surface area contributed by atoms with Gasteiger partial charge in [-0.15, -0.1) is 0 Å². The molecule has 3 unspecified atom stereocenters. The Labute approximate surface area is 98.8 Å². The zero-order valence-electron chi connectivity index (χ0n) is 10.7. The third kappa shape index (κ3) is 2.58. The van der Waals surface area contributed by atoms with E-state index >= 15 is 0 Å². The molecule has 0 aromatic carbocycles. The maximum Gasteiger partial charge on any atom is 0.0803 e. The average molecular weight is 227 g/mol.